The van der Waals surface area contributed by atoms with Crippen LogP contribution in [0.4, 0.5) is 15.9 Å². The van der Waals surface area contributed by atoms with Crippen molar-refractivity contribution in [3.8, 4) is 22.3 Å². The molecule has 35 heavy (non-hydrogen) atoms. The third-order valence-electron chi connectivity index (χ3n) is 6.85. The molecule has 2 fully saturated rings. The summed E-state index contributed by atoms with van der Waals surface area (Å²) in [5.41, 5.74) is 16.0. The second-order valence-electron chi connectivity index (χ2n) is 9.16. The second kappa shape index (κ2) is 10.0. The van der Waals surface area contributed by atoms with Gasteiger partial charge < -0.3 is 21.1 Å². The first-order valence-electron chi connectivity index (χ1n) is 12.0. The zero-order valence-corrected chi connectivity index (χ0v) is 19.6. The van der Waals surface area contributed by atoms with E-state index in [9.17, 15) is 9.18 Å². The number of amides is 1. The van der Waals surface area contributed by atoms with Crippen molar-refractivity contribution in [2.45, 2.75) is 25.4 Å². The molecule has 2 aromatic carbocycles. The molecule has 7 nitrogen and oxygen atoms in total. The normalized spacial score (nSPS) is 18.7. The van der Waals surface area contributed by atoms with E-state index in [1.165, 1.54) is 6.07 Å². The monoisotopic (exact) mass is 475 g/mol. The summed E-state index contributed by atoms with van der Waals surface area (Å²) >= 11 is 0. The number of hydrogen-bond donors (Lipinski definition) is 2. The third-order valence-corrected chi connectivity index (χ3v) is 6.85. The lowest BCUT2D eigenvalue weighted by atomic mass is 9.99. The first-order chi connectivity index (χ1) is 17.0. The molecule has 3 aromatic rings. The van der Waals surface area contributed by atoms with Crippen LogP contribution in [0.2, 0.25) is 0 Å². The van der Waals surface area contributed by atoms with E-state index in [2.05, 4.69) is 22.0 Å². The van der Waals surface area contributed by atoms with E-state index in [1.54, 1.807) is 18.3 Å². The van der Waals surface area contributed by atoms with Crippen molar-refractivity contribution in [3.63, 3.8) is 0 Å². The van der Waals surface area contributed by atoms with Crippen molar-refractivity contribution in [1.82, 2.24) is 14.8 Å². The number of carbonyl (C=O) groups is 1. The van der Waals surface area contributed by atoms with Crippen molar-refractivity contribution < 1.29 is 13.9 Å². The Morgan fingerprint density at radius 2 is 1.77 bits per heavy atom. The van der Waals surface area contributed by atoms with E-state index in [-0.39, 0.29) is 17.8 Å². The minimum atomic E-state index is -0.433. The number of aromatic nitrogens is 1. The lowest BCUT2D eigenvalue weighted by Crippen LogP contribution is -2.49. The fourth-order valence-corrected chi connectivity index (χ4v) is 4.93. The predicted octanol–water partition coefficient (Wildman–Crippen LogP) is 3.54. The van der Waals surface area contributed by atoms with Gasteiger partial charge in [0.05, 0.1) is 19.3 Å². The number of nitrogens with zero attached hydrogens (tertiary/aromatic N) is 3. The van der Waals surface area contributed by atoms with Gasteiger partial charge in [0, 0.05) is 48.2 Å². The lowest BCUT2D eigenvalue weighted by Gasteiger charge is -2.32. The molecular weight excluding hydrogens is 445 g/mol. The van der Waals surface area contributed by atoms with Crippen LogP contribution in [-0.4, -0.2) is 59.6 Å². The first-order valence-corrected chi connectivity index (χ1v) is 12.0. The summed E-state index contributed by atoms with van der Waals surface area (Å²) in [5, 5.41) is 0. The SMILES string of the molecule is Nc1ccc(-c2cc(-c3ccc(CN4CCC[C@H]4C(=O)N4CCOCC4)cc3)cnc2N)c(F)c1. The van der Waals surface area contributed by atoms with Crippen LogP contribution in [0, 0.1) is 5.82 Å². The number of nitrogens with two attached hydrogens (primary N) is 2. The van der Waals surface area contributed by atoms with Gasteiger partial charge in [0.1, 0.15) is 11.6 Å². The molecule has 1 atom stereocenters. The molecule has 1 aromatic heterocycles. The Morgan fingerprint density at radius 3 is 2.51 bits per heavy atom. The molecule has 1 amide bonds. The Kier molecular flexibility index (Phi) is 6.66. The summed E-state index contributed by atoms with van der Waals surface area (Å²) in [6, 6.07) is 14.5. The summed E-state index contributed by atoms with van der Waals surface area (Å²) in [6.07, 6.45) is 3.62. The number of likely N-dealkylation sites (tertiary alicyclic amines) is 1. The molecule has 0 saturated carbocycles. The number of halogens is 1. The fraction of sp³-hybridized carbons (Fsp3) is 0.333. The van der Waals surface area contributed by atoms with Crippen LogP contribution in [0.25, 0.3) is 22.3 Å². The molecule has 0 unspecified atom stereocenters. The summed E-state index contributed by atoms with van der Waals surface area (Å²) in [4.78, 5) is 21.5. The highest BCUT2D eigenvalue weighted by molar-refractivity contribution is 5.82. The topological polar surface area (TPSA) is 97.7 Å². The highest BCUT2D eigenvalue weighted by atomic mass is 19.1. The van der Waals surface area contributed by atoms with Gasteiger partial charge in [-0.1, -0.05) is 24.3 Å². The summed E-state index contributed by atoms with van der Waals surface area (Å²) in [5.74, 6) is 0.0506. The van der Waals surface area contributed by atoms with Crippen molar-refractivity contribution in [2.75, 3.05) is 44.3 Å². The first kappa shape index (κ1) is 23.3. The molecule has 0 radical (unpaired) electrons. The maximum absolute atomic E-state index is 14.5. The molecule has 5 rings (SSSR count). The molecule has 0 spiro atoms. The fourth-order valence-electron chi connectivity index (χ4n) is 4.93. The second-order valence-corrected chi connectivity index (χ2v) is 9.16. The van der Waals surface area contributed by atoms with E-state index < -0.39 is 5.82 Å². The van der Waals surface area contributed by atoms with Gasteiger partial charge in [0.15, 0.2) is 0 Å². The number of benzene rings is 2. The van der Waals surface area contributed by atoms with E-state index in [4.69, 9.17) is 16.2 Å². The zero-order chi connectivity index (χ0) is 24.4. The number of nitrogen functional groups attached to an aromatic ring is 2. The number of hydrogen-bond acceptors (Lipinski definition) is 6. The Morgan fingerprint density at radius 1 is 1.00 bits per heavy atom. The van der Waals surface area contributed by atoms with Crippen LogP contribution in [0.15, 0.2) is 54.7 Å². The van der Waals surface area contributed by atoms with Gasteiger partial charge in [0.25, 0.3) is 0 Å². The molecule has 0 aliphatic carbocycles. The van der Waals surface area contributed by atoms with Gasteiger partial charge in [-0.2, -0.15) is 0 Å². The molecule has 4 N–H and O–H groups in total. The highest BCUT2D eigenvalue weighted by Crippen LogP contribution is 2.32. The van der Waals surface area contributed by atoms with Crippen LogP contribution in [0.5, 0.6) is 0 Å². The third kappa shape index (κ3) is 4.99. The summed E-state index contributed by atoms with van der Waals surface area (Å²) in [6.45, 7) is 4.23. The largest absolute Gasteiger partial charge is 0.399 e. The molecule has 2 aliphatic heterocycles. The molecule has 3 heterocycles. The molecule has 2 saturated heterocycles. The standard InChI is InChI=1S/C27H30FN5O2/c28-24-15-21(29)7-8-22(24)23-14-20(16-31-26(23)30)19-5-3-18(4-6-19)17-33-9-1-2-25(33)27(34)32-10-12-35-13-11-32/h3-8,14-16,25H,1-2,9-13,17,29H2,(H2,30,31)/t25-/m0/s1. The van der Waals surface area contributed by atoms with Gasteiger partial charge in [-0.05, 0) is 54.8 Å². The Labute approximate surface area is 204 Å². The lowest BCUT2D eigenvalue weighted by molar-refractivity contribution is -0.140. The van der Waals surface area contributed by atoms with Crippen molar-refractivity contribution >= 4 is 17.4 Å². The van der Waals surface area contributed by atoms with Crippen LogP contribution in [0.1, 0.15) is 18.4 Å². The van der Waals surface area contributed by atoms with E-state index >= 15 is 0 Å². The van der Waals surface area contributed by atoms with E-state index in [0.717, 1.165) is 42.6 Å². The summed E-state index contributed by atoms with van der Waals surface area (Å²) < 4.78 is 19.9. The van der Waals surface area contributed by atoms with Gasteiger partial charge in [-0.25, -0.2) is 9.37 Å². The number of carbonyl (C=O) groups excluding carboxylic acids is 1. The van der Waals surface area contributed by atoms with Crippen LogP contribution in [-0.2, 0) is 16.1 Å². The highest BCUT2D eigenvalue weighted by Gasteiger charge is 2.34. The predicted molar refractivity (Wildman–Crippen MR) is 135 cm³/mol. The number of pyridine rings is 1. The van der Waals surface area contributed by atoms with Gasteiger partial charge in [0.2, 0.25) is 5.91 Å². The maximum atomic E-state index is 14.5. The van der Waals surface area contributed by atoms with E-state index in [1.807, 2.05) is 23.1 Å². The Hall–Kier alpha value is -3.49. The van der Waals surface area contributed by atoms with Crippen molar-refractivity contribution in [2.24, 2.45) is 0 Å². The number of rotatable bonds is 5. The van der Waals surface area contributed by atoms with Crippen LogP contribution in [0.3, 0.4) is 0 Å². The van der Waals surface area contributed by atoms with E-state index in [0.29, 0.717) is 43.1 Å². The molecule has 182 valence electrons. The zero-order valence-electron chi connectivity index (χ0n) is 19.6. The smallest absolute Gasteiger partial charge is 0.240 e. The van der Waals surface area contributed by atoms with Gasteiger partial charge in [-0.3, -0.25) is 9.69 Å². The number of ether oxygens (including phenoxy) is 1. The van der Waals surface area contributed by atoms with Crippen LogP contribution < -0.4 is 11.5 Å². The Balaban J connectivity index is 1.31. The minimum absolute atomic E-state index is 0.0635. The molecule has 0 bridgehead atoms. The maximum Gasteiger partial charge on any atom is 0.240 e. The molecule has 8 heteroatoms. The van der Waals surface area contributed by atoms with Gasteiger partial charge in [-0.15, -0.1) is 0 Å². The van der Waals surface area contributed by atoms with Gasteiger partial charge >= 0.3 is 0 Å². The van der Waals surface area contributed by atoms with Crippen molar-refractivity contribution in [1.29, 1.82) is 0 Å². The average Bonchev–Trinajstić information content (AvgIpc) is 3.33. The van der Waals surface area contributed by atoms with Crippen LogP contribution >= 0.6 is 0 Å². The minimum Gasteiger partial charge on any atom is -0.399 e. The number of morpholine rings is 1. The molecular formula is C27H30FN5O2. The quantitative estimate of drug-likeness (QED) is 0.548. The molecule has 2 aliphatic rings. The Bertz CT molecular complexity index is 1210. The number of anilines is 2. The van der Waals surface area contributed by atoms with Crippen molar-refractivity contribution in [3.05, 3.63) is 66.1 Å². The average molecular weight is 476 g/mol. The summed E-state index contributed by atoms with van der Waals surface area (Å²) in [7, 11) is 0.